The molecule has 0 amide bonds. The van der Waals surface area contributed by atoms with Crippen LogP contribution >= 0.6 is 15.9 Å². The summed E-state index contributed by atoms with van der Waals surface area (Å²) in [6, 6.07) is 2.99. The minimum Gasteiger partial charge on any atom is -0.267 e. The maximum Gasteiger partial charge on any atom is 0.272 e. The highest BCUT2D eigenvalue weighted by Crippen LogP contribution is 2.03. The molecule has 0 saturated heterocycles. The van der Waals surface area contributed by atoms with E-state index in [9.17, 15) is 4.79 Å². The second-order valence-electron chi connectivity index (χ2n) is 2.47. The van der Waals surface area contributed by atoms with E-state index < -0.39 is 0 Å². The van der Waals surface area contributed by atoms with E-state index in [-0.39, 0.29) is 5.56 Å². The van der Waals surface area contributed by atoms with Crippen LogP contribution in [-0.2, 0) is 0 Å². The summed E-state index contributed by atoms with van der Waals surface area (Å²) >= 11 is 3.16. The van der Waals surface area contributed by atoms with Crippen LogP contribution in [0.3, 0.4) is 0 Å². The lowest BCUT2D eigenvalue weighted by Gasteiger charge is -2.00. The van der Waals surface area contributed by atoms with Crippen LogP contribution < -0.4 is 5.56 Å². The van der Waals surface area contributed by atoms with Crippen LogP contribution in [0.2, 0.25) is 0 Å². The zero-order valence-corrected chi connectivity index (χ0v) is 8.55. The van der Waals surface area contributed by atoms with Gasteiger partial charge in [-0.25, -0.2) is 9.97 Å². The summed E-state index contributed by atoms with van der Waals surface area (Å²) in [5, 5.41) is 3.86. The Labute approximate surface area is 87.6 Å². The first-order chi connectivity index (χ1) is 6.77. The molecule has 5 nitrogen and oxygen atoms in total. The van der Waals surface area contributed by atoms with Gasteiger partial charge in [-0.1, -0.05) is 0 Å². The van der Waals surface area contributed by atoms with E-state index in [4.69, 9.17) is 0 Å². The molecular formula is C8H5BrN4O. The van der Waals surface area contributed by atoms with Gasteiger partial charge < -0.3 is 0 Å². The Morgan fingerprint density at radius 2 is 2.14 bits per heavy atom. The normalized spacial score (nSPS) is 10.1. The molecule has 2 aromatic rings. The monoisotopic (exact) mass is 252 g/mol. The first kappa shape index (κ1) is 9.01. The first-order valence-electron chi connectivity index (χ1n) is 3.79. The van der Waals surface area contributed by atoms with Gasteiger partial charge in [0.2, 0.25) is 0 Å². The van der Waals surface area contributed by atoms with Gasteiger partial charge in [0.1, 0.15) is 4.60 Å². The molecule has 0 aromatic carbocycles. The van der Waals surface area contributed by atoms with E-state index in [0.29, 0.717) is 10.4 Å². The third-order valence-electron chi connectivity index (χ3n) is 1.54. The van der Waals surface area contributed by atoms with Gasteiger partial charge in [0.15, 0.2) is 5.82 Å². The molecule has 6 heteroatoms. The maximum atomic E-state index is 11.3. The van der Waals surface area contributed by atoms with Crippen molar-refractivity contribution in [1.82, 2.24) is 19.7 Å². The summed E-state index contributed by atoms with van der Waals surface area (Å²) in [5.74, 6) is 0.402. The smallest absolute Gasteiger partial charge is 0.267 e. The summed E-state index contributed by atoms with van der Waals surface area (Å²) in [7, 11) is 0. The van der Waals surface area contributed by atoms with Crippen molar-refractivity contribution in [3.63, 3.8) is 0 Å². The van der Waals surface area contributed by atoms with Gasteiger partial charge in [0.25, 0.3) is 5.56 Å². The molecule has 14 heavy (non-hydrogen) atoms. The second-order valence-corrected chi connectivity index (χ2v) is 3.28. The SMILES string of the molecule is O=c1cccnn1-c1cnc(Br)cn1. The number of halogens is 1. The maximum absolute atomic E-state index is 11.3. The van der Waals surface area contributed by atoms with Crippen molar-refractivity contribution in [2.75, 3.05) is 0 Å². The average Bonchev–Trinajstić information content (AvgIpc) is 2.20. The van der Waals surface area contributed by atoms with Crippen LogP contribution in [0.15, 0.2) is 40.1 Å². The van der Waals surface area contributed by atoms with E-state index in [1.54, 1.807) is 6.07 Å². The van der Waals surface area contributed by atoms with Crippen molar-refractivity contribution in [2.45, 2.75) is 0 Å². The molecule has 0 saturated carbocycles. The highest BCUT2D eigenvalue weighted by Gasteiger charge is 2.00. The Balaban J connectivity index is 2.56. The fourth-order valence-corrected chi connectivity index (χ4v) is 1.15. The predicted molar refractivity (Wildman–Crippen MR) is 53.1 cm³/mol. The van der Waals surface area contributed by atoms with Gasteiger partial charge in [0, 0.05) is 12.3 Å². The van der Waals surface area contributed by atoms with Gasteiger partial charge in [0.05, 0.1) is 12.4 Å². The lowest BCUT2D eigenvalue weighted by atomic mass is 10.5. The van der Waals surface area contributed by atoms with Crippen molar-refractivity contribution in [1.29, 1.82) is 0 Å². The Kier molecular flexibility index (Phi) is 2.36. The Bertz CT molecular complexity index is 493. The fourth-order valence-electron chi connectivity index (χ4n) is 0.945. The molecule has 0 N–H and O–H groups in total. The molecule has 0 radical (unpaired) electrons. The number of rotatable bonds is 1. The van der Waals surface area contributed by atoms with Crippen molar-refractivity contribution >= 4 is 15.9 Å². The van der Waals surface area contributed by atoms with Crippen LogP contribution in [-0.4, -0.2) is 19.7 Å². The lowest BCUT2D eigenvalue weighted by Crippen LogP contribution is -2.20. The second kappa shape index (κ2) is 3.67. The van der Waals surface area contributed by atoms with Gasteiger partial charge in [-0.15, -0.1) is 0 Å². The average molecular weight is 253 g/mol. The third kappa shape index (κ3) is 1.69. The quantitative estimate of drug-likeness (QED) is 0.753. The predicted octanol–water partition coefficient (Wildman–Crippen LogP) is 0.785. The molecule has 0 aliphatic rings. The molecule has 0 fully saturated rings. The van der Waals surface area contributed by atoms with E-state index in [1.165, 1.54) is 29.3 Å². The van der Waals surface area contributed by atoms with Gasteiger partial charge in [-0.2, -0.15) is 9.78 Å². The molecule has 2 aromatic heterocycles. The zero-order valence-electron chi connectivity index (χ0n) is 6.96. The summed E-state index contributed by atoms with van der Waals surface area (Å²) in [5.41, 5.74) is -0.232. The molecule has 0 aliphatic carbocycles. The molecule has 0 spiro atoms. The molecule has 2 rings (SSSR count). The summed E-state index contributed by atoms with van der Waals surface area (Å²) in [6.45, 7) is 0. The molecule has 0 unspecified atom stereocenters. The van der Waals surface area contributed by atoms with Crippen LogP contribution in [0.25, 0.3) is 5.82 Å². The van der Waals surface area contributed by atoms with Crippen LogP contribution in [0.1, 0.15) is 0 Å². The molecule has 0 bridgehead atoms. The van der Waals surface area contributed by atoms with Crippen LogP contribution in [0.5, 0.6) is 0 Å². The zero-order chi connectivity index (χ0) is 9.97. The van der Waals surface area contributed by atoms with Gasteiger partial charge >= 0.3 is 0 Å². The lowest BCUT2D eigenvalue weighted by molar-refractivity contribution is 0.774. The summed E-state index contributed by atoms with van der Waals surface area (Å²) in [4.78, 5) is 19.3. The number of aromatic nitrogens is 4. The minimum absolute atomic E-state index is 0.232. The van der Waals surface area contributed by atoms with E-state index in [2.05, 4.69) is 31.0 Å². The van der Waals surface area contributed by atoms with Crippen LogP contribution in [0, 0.1) is 0 Å². The van der Waals surface area contributed by atoms with Gasteiger partial charge in [-0.3, -0.25) is 4.79 Å². The third-order valence-corrected chi connectivity index (χ3v) is 1.95. The van der Waals surface area contributed by atoms with E-state index >= 15 is 0 Å². The van der Waals surface area contributed by atoms with Gasteiger partial charge in [-0.05, 0) is 22.0 Å². The highest BCUT2D eigenvalue weighted by atomic mass is 79.9. The van der Waals surface area contributed by atoms with Crippen LogP contribution in [0.4, 0.5) is 0 Å². The Morgan fingerprint density at radius 3 is 2.79 bits per heavy atom. The first-order valence-corrected chi connectivity index (χ1v) is 4.59. The largest absolute Gasteiger partial charge is 0.272 e. The van der Waals surface area contributed by atoms with E-state index in [1.807, 2.05) is 0 Å². The molecular weight excluding hydrogens is 248 g/mol. The fraction of sp³-hybridized carbons (Fsp3) is 0. The molecule has 0 atom stereocenters. The molecule has 0 aliphatic heterocycles. The van der Waals surface area contributed by atoms with Crippen molar-refractivity contribution < 1.29 is 0 Å². The van der Waals surface area contributed by atoms with E-state index in [0.717, 1.165) is 0 Å². The molecule has 70 valence electrons. The number of hydrogen-bond acceptors (Lipinski definition) is 4. The topological polar surface area (TPSA) is 60.7 Å². The standard InChI is InChI=1S/C8H5BrN4O/c9-6-4-11-7(5-10-6)13-8(14)2-1-3-12-13/h1-5H. The van der Waals surface area contributed by atoms with Crippen molar-refractivity contribution in [3.8, 4) is 5.82 Å². The summed E-state index contributed by atoms with van der Waals surface area (Å²) in [6.07, 6.45) is 4.50. The van der Waals surface area contributed by atoms with Crippen molar-refractivity contribution in [2.24, 2.45) is 0 Å². The Hall–Kier alpha value is -1.56. The highest BCUT2D eigenvalue weighted by molar-refractivity contribution is 9.10. The minimum atomic E-state index is -0.232. The summed E-state index contributed by atoms with van der Waals surface area (Å²) < 4.78 is 1.80. The number of nitrogens with zero attached hydrogens (tertiary/aromatic N) is 4. The van der Waals surface area contributed by atoms with Crippen molar-refractivity contribution in [3.05, 3.63) is 45.7 Å². The number of hydrogen-bond donors (Lipinski definition) is 0. The Morgan fingerprint density at radius 1 is 1.29 bits per heavy atom. The molecule has 2 heterocycles.